The number of alkyl halides is 1. The van der Waals surface area contributed by atoms with Crippen LogP contribution < -0.4 is 0 Å². The van der Waals surface area contributed by atoms with E-state index in [-0.39, 0.29) is 37.3 Å². The molecule has 5 heterocycles. The predicted octanol–water partition coefficient (Wildman–Crippen LogP) is 4.19. The van der Waals surface area contributed by atoms with E-state index in [1.165, 1.54) is 18.9 Å². The van der Waals surface area contributed by atoms with Gasteiger partial charge in [-0.05, 0) is 73.2 Å². The highest BCUT2D eigenvalue weighted by Crippen LogP contribution is 2.43. The van der Waals surface area contributed by atoms with E-state index in [9.17, 15) is 24.3 Å². The van der Waals surface area contributed by atoms with Crippen molar-refractivity contribution in [2.24, 2.45) is 17.8 Å². The largest absolute Gasteiger partial charge is 0.455 e. The van der Waals surface area contributed by atoms with Gasteiger partial charge in [-0.2, -0.15) is 0 Å². The lowest BCUT2D eigenvalue weighted by Crippen LogP contribution is -2.61. The first-order chi connectivity index (χ1) is 27.7. The number of hydrogen-bond donors (Lipinski definition) is 1. The summed E-state index contributed by atoms with van der Waals surface area (Å²) in [4.78, 5) is 64.1. The average Bonchev–Trinajstić information content (AvgIpc) is 3.78. The van der Waals surface area contributed by atoms with Crippen molar-refractivity contribution in [1.82, 2.24) is 29.8 Å². The molecular formula is C42H61FN6O10. The quantitative estimate of drug-likeness (QED) is 0.204. The number of pyridine rings is 1. The molecule has 1 amide bonds. The number of nitrogens with zero attached hydrogens (tertiary/aromatic N) is 6. The van der Waals surface area contributed by atoms with Crippen molar-refractivity contribution in [3.05, 3.63) is 42.7 Å². The Morgan fingerprint density at radius 1 is 1.03 bits per heavy atom. The Balaban J connectivity index is 1.49. The minimum absolute atomic E-state index is 0.00980. The second kappa shape index (κ2) is 18.2. The molecule has 0 aliphatic carbocycles. The Hall–Kier alpha value is -4.16. The van der Waals surface area contributed by atoms with E-state index in [1.54, 1.807) is 69.9 Å². The molecule has 3 saturated heterocycles. The molecule has 326 valence electrons. The number of amides is 1. The first kappa shape index (κ1) is 45.9. The molecule has 2 unspecified atom stereocenters. The molecule has 0 spiro atoms. The van der Waals surface area contributed by atoms with Gasteiger partial charge in [-0.25, -0.2) is 18.7 Å². The van der Waals surface area contributed by atoms with E-state index in [0.29, 0.717) is 24.4 Å². The van der Waals surface area contributed by atoms with Crippen molar-refractivity contribution in [3.63, 3.8) is 0 Å². The standard InChI is InChI=1S/C42H61FN6O10/c1-12-31-42(8)34(49(39(54)59-42)20-16-15-19-48-23-29(45-46-48)28-17-13-14-18-44-28)26(4)32(50)24(2)22-40(6,55-11)36(27(5)35(52)41(7,43)38(53)57-31)58-37-33(51)30(47(9)10)21-25(3)56-37/h13-18,23-27,30-31,33-34,36-37,51H,12,19-22H2,1-11H3/b16-15+/t24-,25-,26+,27+,30?,31-,33?,34-,36-,37+,40-,41+,42-/m1/s1. The third-order valence-electron chi connectivity index (χ3n) is 12.4. The molecular weight excluding hydrogens is 767 g/mol. The summed E-state index contributed by atoms with van der Waals surface area (Å²) in [6.45, 7) is 12.7. The maximum absolute atomic E-state index is 16.9. The lowest BCUT2D eigenvalue weighted by Gasteiger charge is -2.47. The number of aliphatic hydroxyl groups is 1. The van der Waals surface area contributed by atoms with E-state index < -0.39 is 83.1 Å². The maximum Gasteiger partial charge on any atom is 0.411 e. The van der Waals surface area contributed by atoms with Crippen LogP contribution in [0.5, 0.6) is 0 Å². The molecule has 0 radical (unpaired) electrons. The van der Waals surface area contributed by atoms with Crippen LogP contribution in [0.2, 0.25) is 0 Å². The van der Waals surface area contributed by atoms with Crippen molar-refractivity contribution < 1.29 is 52.4 Å². The van der Waals surface area contributed by atoms with Crippen LogP contribution in [-0.4, -0.2) is 146 Å². The van der Waals surface area contributed by atoms with Gasteiger partial charge in [-0.3, -0.25) is 19.5 Å². The zero-order valence-corrected chi connectivity index (χ0v) is 36.0. The Kier molecular flexibility index (Phi) is 14.2. The number of Topliss-reactive ketones (excluding diaryl/α,β-unsaturated/α-hetero) is 2. The monoisotopic (exact) mass is 828 g/mol. The van der Waals surface area contributed by atoms with Crippen molar-refractivity contribution in [3.8, 4) is 11.4 Å². The zero-order valence-electron chi connectivity index (χ0n) is 36.0. The van der Waals surface area contributed by atoms with Gasteiger partial charge in [0.2, 0.25) is 0 Å². The van der Waals surface area contributed by atoms with Crippen molar-refractivity contribution in [2.45, 2.75) is 141 Å². The van der Waals surface area contributed by atoms with Gasteiger partial charge in [0.25, 0.3) is 5.67 Å². The number of esters is 1. The van der Waals surface area contributed by atoms with Crippen LogP contribution in [0.15, 0.2) is 42.7 Å². The Morgan fingerprint density at radius 3 is 2.36 bits per heavy atom. The highest BCUT2D eigenvalue weighted by molar-refractivity contribution is 6.08. The van der Waals surface area contributed by atoms with Gasteiger partial charge >= 0.3 is 12.1 Å². The molecule has 13 atom stereocenters. The molecule has 2 aromatic rings. The number of fused-ring (bicyclic) bond motifs is 1. The summed E-state index contributed by atoms with van der Waals surface area (Å²) in [6.07, 6.45) is 1.36. The number of ether oxygens (including phenoxy) is 5. The second-order valence-corrected chi connectivity index (χ2v) is 17.1. The van der Waals surface area contributed by atoms with Crippen LogP contribution in [-0.2, 0) is 44.6 Å². The fourth-order valence-electron chi connectivity index (χ4n) is 9.06. The number of likely N-dealkylation sites (N-methyl/N-ethyl adjacent to an activating group) is 1. The van der Waals surface area contributed by atoms with E-state index in [4.69, 9.17) is 23.7 Å². The molecule has 3 fully saturated rings. The van der Waals surface area contributed by atoms with Gasteiger partial charge < -0.3 is 33.7 Å². The summed E-state index contributed by atoms with van der Waals surface area (Å²) in [7, 11) is 5.03. The van der Waals surface area contributed by atoms with Crippen LogP contribution in [0.4, 0.5) is 9.18 Å². The molecule has 2 aromatic heterocycles. The molecule has 5 rings (SSSR count). The molecule has 59 heavy (non-hydrogen) atoms. The first-order valence-electron chi connectivity index (χ1n) is 20.3. The number of rotatable bonds is 10. The molecule has 16 nitrogen and oxygen atoms in total. The predicted molar refractivity (Wildman–Crippen MR) is 212 cm³/mol. The van der Waals surface area contributed by atoms with E-state index in [1.807, 2.05) is 38.1 Å². The Morgan fingerprint density at radius 2 is 1.73 bits per heavy atom. The molecule has 0 saturated carbocycles. The smallest absolute Gasteiger partial charge is 0.411 e. The molecule has 3 aliphatic heterocycles. The van der Waals surface area contributed by atoms with Gasteiger partial charge in [-0.1, -0.05) is 51.1 Å². The zero-order chi connectivity index (χ0) is 43.6. The lowest BCUT2D eigenvalue weighted by molar-refractivity contribution is -0.295. The van der Waals surface area contributed by atoms with Gasteiger partial charge in [0.15, 0.2) is 17.7 Å². The average molecular weight is 829 g/mol. The molecule has 1 N–H and O–H groups in total. The summed E-state index contributed by atoms with van der Waals surface area (Å²) in [5, 5.41) is 19.8. The number of halogens is 1. The molecule has 0 aromatic carbocycles. The van der Waals surface area contributed by atoms with Crippen LogP contribution in [0, 0.1) is 17.8 Å². The third kappa shape index (κ3) is 9.28. The van der Waals surface area contributed by atoms with Crippen LogP contribution in [0.1, 0.15) is 74.7 Å². The van der Waals surface area contributed by atoms with Crippen LogP contribution in [0.25, 0.3) is 11.4 Å². The van der Waals surface area contributed by atoms with Gasteiger partial charge in [-0.15, -0.1) is 5.10 Å². The summed E-state index contributed by atoms with van der Waals surface area (Å²) in [6, 6.07) is 4.12. The van der Waals surface area contributed by atoms with E-state index >= 15 is 4.39 Å². The summed E-state index contributed by atoms with van der Waals surface area (Å²) < 4.78 is 49.0. The number of carbonyl (C=O) groups is 4. The number of aliphatic hydroxyl groups excluding tert-OH is 1. The van der Waals surface area contributed by atoms with Crippen molar-refractivity contribution >= 4 is 23.6 Å². The summed E-state index contributed by atoms with van der Waals surface area (Å²) in [5.74, 6) is -5.94. The number of ketones is 2. The number of hydrogen-bond acceptors (Lipinski definition) is 14. The first-order valence-corrected chi connectivity index (χ1v) is 20.3. The topological polar surface area (TPSA) is 185 Å². The van der Waals surface area contributed by atoms with Gasteiger partial charge in [0.1, 0.15) is 23.7 Å². The number of aromatic nitrogens is 4. The normalized spacial score (nSPS) is 37.7. The number of methoxy groups -OCH3 is 1. The summed E-state index contributed by atoms with van der Waals surface area (Å²) in [5.41, 5.74) is -5.04. The molecule has 17 heteroatoms. The minimum Gasteiger partial charge on any atom is -0.455 e. The highest BCUT2D eigenvalue weighted by atomic mass is 19.1. The number of carbonyl (C=O) groups excluding carboxylic acids is 4. The van der Waals surface area contributed by atoms with Crippen LogP contribution >= 0.6 is 0 Å². The van der Waals surface area contributed by atoms with Crippen LogP contribution in [0.3, 0.4) is 0 Å². The Labute approximate surface area is 345 Å². The van der Waals surface area contributed by atoms with Crippen molar-refractivity contribution in [1.29, 1.82) is 0 Å². The Bertz CT molecular complexity index is 1840. The molecule has 3 aliphatic rings. The highest BCUT2D eigenvalue weighted by Gasteiger charge is 2.61. The summed E-state index contributed by atoms with van der Waals surface area (Å²) >= 11 is 0. The fourth-order valence-corrected chi connectivity index (χ4v) is 9.06. The van der Waals surface area contributed by atoms with Crippen molar-refractivity contribution in [2.75, 3.05) is 27.7 Å². The molecule has 0 bridgehead atoms. The lowest BCUT2D eigenvalue weighted by atomic mass is 9.73. The third-order valence-corrected chi connectivity index (χ3v) is 12.4. The second-order valence-electron chi connectivity index (χ2n) is 17.1. The van der Waals surface area contributed by atoms with Gasteiger partial charge in [0, 0.05) is 43.6 Å². The van der Waals surface area contributed by atoms with Gasteiger partial charge in [0.05, 0.1) is 42.3 Å². The number of allylic oxidation sites excluding steroid dienone is 1. The SMILES string of the molecule is CC[C@H]1OC(=O)[C@@](C)(F)C(=O)[C@H](C)[C@@H](O[C@@H]2O[C@H](C)CC(N(C)C)C2O)[C@](C)(OC)C[C@@H](C)C(=O)[C@H](C)[C@H]2N(C/C=C/Cn3cc(-c4ccccn4)nn3)C(=O)O[C@]12C. The van der Waals surface area contributed by atoms with E-state index in [0.717, 1.165) is 6.92 Å². The fraction of sp³-hybridized carbons (Fsp3) is 0.690. The maximum atomic E-state index is 16.9. The van der Waals surface area contributed by atoms with E-state index in [2.05, 4.69) is 15.3 Å². The number of cyclic esters (lactones) is 1. The minimum atomic E-state index is -3.19.